The zero-order valence-electron chi connectivity index (χ0n) is 14.8. The van der Waals surface area contributed by atoms with Crippen LogP contribution in [0.3, 0.4) is 0 Å². The highest BCUT2D eigenvalue weighted by Gasteiger charge is 2.24. The Hall–Kier alpha value is -1.79. The van der Waals surface area contributed by atoms with Crippen molar-refractivity contribution in [3.05, 3.63) is 34.9 Å². The molecule has 1 fully saturated rings. The van der Waals surface area contributed by atoms with Crippen LogP contribution < -0.4 is 5.32 Å². The van der Waals surface area contributed by atoms with Crippen molar-refractivity contribution in [2.75, 3.05) is 33.3 Å². The average molecular weight is 368 g/mol. The van der Waals surface area contributed by atoms with E-state index in [0.717, 1.165) is 18.4 Å². The molecule has 0 atom stereocenters. The number of likely N-dealkylation sites (N-methyl/N-ethyl adjacent to an activating group) is 1. The molecule has 6 nitrogen and oxygen atoms in total. The van der Waals surface area contributed by atoms with Crippen LogP contribution in [0.25, 0.3) is 0 Å². The van der Waals surface area contributed by atoms with E-state index in [1.165, 1.54) is 0 Å². The molecule has 0 radical (unpaired) electrons. The quantitative estimate of drug-likeness (QED) is 0.839. The van der Waals surface area contributed by atoms with Crippen LogP contribution in [0.5, 0.6) is 0 Å². The second-order valence-corrected chi connectivity index (χ2v) is 6.70. The van der Waals surface area contributed by atoms with Gasteiger partial charge in [0, 0.05) is 30.7 Å². The number of likely N-dealkylation sites (tertiary alicyclic amines) is 1. The van der Waals surface area contributed by atoms with Crippen molar-refractivity contribution in [3.63, 3.8) is 0 Å². The van der Waals surface area contributed by atoms with Gasteiger partial charge in [0.1, 0.15) is 0 Å². The Balaban J connectivity index is 1.72. The average Bonchev–Trinajstić information content (AvgIpc) is 2.57. The largest absolute Gasteiger partial charge is 0.450 e. The van der Waals surface area contributed by atoms with Gasteiger partial charge in [-0.15, -0.1) is 0 Å². The minimum Gasteiger partial charge on any atom is -0.450 e. The number of rotatable bonds is 6. The Morgan fingerprint density at radius 3 is 2.64 bits per heavy atom. The molecule has 1 aliphatic rings. The molecule has 1 N–H and O–H groups in total. The van der Waals surface area contributed by atoms with Crippen molar-refractivity contribution in [1.82, 2.24) is 15.1 Å². The first-order chi connectivity index (χ1) is 12.0. The van der Waals surface area contributed by atoms with E-state index < -0.39 is 0 Å². The van der Waals surface area contributed by atoms with Gasteiger partial charge in [-0.05, 0) is 38.4 Å². The molecule has 0 bridgehead atoms. The molecule has 1 aliphatic heterocycles. The number of benzene rings is 1. The molecule has 7 heteroatoms. The van der Waals surface area contributed by atoms with Crippen LogP contribution in [0.2, 0.25) is 5.02 Å². The van der Waals surface area contributed by atoms with Gasteiger partial charge in [-0.1, -0.05) is 29.8 Å². The van der Waals surface area contributed by atoms with Gasteiger partial charge in [-0.25, -0.2) is 4.79 Å². The van der Waals surface area contributed by atoms with Crippen LogP contribution >= 0.6 is 11.6 Å². The number of piperidine rings is 1. The smallest absolute Gasteiger partial charge is 0.409 e. The summed E-state index contributed by atoms with van der Waals surface area (Å²) in [4.78, 5) is 27.5. The number of hydrogen-bond donors (Lipinski definition) is 1. The van der Waals surface area contributed by atoms with Gasteiger partial charge in [0.05, 0.1) is 13.2 Å². The molecule has 138 valence electrons. The molecule has 0 spiro atoms. The molecule has 0 aromatic heterocycles. The van der Waals surface area contributed by atoms with E-state index in [1.807, 2.05) is 36.2 Å². The molecule has 2 amide bonds. The molecular weight excluding hydrogens is 342 g/mol. The highest BCUT2D eigenvalue weighted by molar-refractivity contribution is 6.31. The van der Waals surface area contributed by atoms with E-state index in [-0.39, 0.29) is 18.0 Å². The van der Waals surface area contributed by atoms with E-state index in [0.29, 0.717) is 37.8 Å². The third-order valence-electron chi connectivity index (χ3n) is 4.20. The van der Waals surface area contributed by atoms with Gasteiger partial charge < -0.3 is 15.0 Å². The SMILES string of the molecule is CCOC(=O)N1CCC(NC(=O)CN(C)Cc2ccccc2Cl)CC1. The molecule has 0 saturated carbocycles. The predicted molar refractivity (Wildman–Crippen MR) is 97.5 cm³/mol. The summed E-state index contributed by atoms with van der Waals surface area (Å²) in [5, 5.41) is 3.76. The van der Waals surface area contributed by atoms with Crippen LogP contribution in [0.1, 0.15) is 25.3 Å². The van der Waals surface area contributed by atoms with Gasteiger partial charge in [-0.3, -0.25) is 9.69 Å². The zero-order chi connectivity index (χ0) is 18.2. The van der Waals surface area contributed by atoms with Crippen molar-refractivity contribution in [2.24, 2.45) is 0 Å². The second kappa shape index (κ2) is 9.63. The summed E-state index contributed by atoms with van der Waals surface area (Å²) in [6.45, 7) is 4.33. The third kappa shape index (κ3) is 6.21. The van der Waals surface area contributed by atoms with E-state index in [1.54, 1.807) is 11.8 Å². The van der Waals surface area contributed by atoms with E-state index in [2.05, 4.69) is 5.32 Å². The lowest BCUT2D eigenvalue weighted by Crippen LogP contribution is -2.48. The zero-order valence-corrected chi connectivity index (χ0v) is 15.6. The summed E-state index contributed by atoms with van der Waals surface area (Å²) in [5.41, 5.74) is 1.00. The fourth-order valence-corrected chi connectivity index (χ4v) is 3.11. The minimum atomic E-state index is -0.272. The maximum atomic E-state index is 12.2. The number of ether oxygens (including phenoxy) is 1. The monoisotopic (exact) mass is 367 g/mol. The first-order valence-electron chi connectivity index (χ1n) is 8.62. The highest BCUT2D eigenvalue weighted by Crippen LogP contribution is 2.16. The molecule has 0 unspecified atom stereocenters. The molecule has 1 aromatic rings. The maximum Gasteiger partial charge on any atom is 0.409 e. The van der Waals surface area contributed by atoms with Gasteiger partial charge >= 0.3 is 6.09 Å². The molecule has 2 rings (SSSR count). The minimum absolute atomic E-state index is 0.0101. The van der Waals surface area contributed by atoms with E-state index >= 15 is 0 Å². The van der Waals surface area contributed by atoms with E-state index in [9.17, 15) is 9.59 Å². The molecule has 0 aliphatic carbocycles. The molecule has 1 saturated heterocycles. The standard InChI is InChI=1S/C18H26ClN3O3/c1-3-25-18(24)22-10-8-15(9-11-22)20-17(23)13-21(2)12-14-6-4-5-7-16(14)19/h4-7,15H,3,8-13H2,1-2H3,(H,20,23). The topological polar surface area (TPSA) is 61.9 Å². The number of carbonyl (C=O) groups is 2. The van der Waals surface area contributed by atoms with Gasteiger partial charge in [0.25, 0.3) is 0 Å². The Morgan fingerprint density at radius 1 is 1.32 bits per heavy atom. The van der Waals surface area contributed by atoms with Gasteiger partial charge in [-0.2, -0.15) is 0 Å². The van der Waals surface area contributed by atoms with Crippen molar-refractivity contribution in [1.29, 1.82) is 0 Å². The van der Waals surface area contributed by atoms with Crippen molar-refractivity contribution >= 4 is 23.6 Å². The van der Waals surface area contributed by atoms with Crippen LogP contribution in [0.4, 0.5) is 4.79 Å². The van der Waals surface area contributed by atoms with Crippen LogP contribution in [-0.4, -0.2) is 61.1 Å². The Morgan fingerprint density at radius 2 is 2.00 bits per heavy atom. The lowest BCUT2D eigenvalue weighted by atomic mass is 10.1. The normalized spacial score (nSPS) is 15.3. The summed E-state index contributed by atoms with van der Waals surface area (Å²) in [5.74, 6) is -0.0101. The van der Waals surface area contributed by atoms with Crippen LogP contribution in [0.15, 0.2) is 24.3 Å². The van der Waals surface area contributed by atoms with Gasteiger partial charge in [0.2, 0.25) is 5.91 Å². The fraction of sp³-hybridized carbons (Fsp3) is 0.556. The number of halogens is 1. The number of carbonyl (C=O) groups excluding carboxylic acids is 2. The maximum absolute atomic E-state index is 12.2. The van der Waals surface area contributed by atoms with Crippen LogP contribution in [0, 0.1) is 0 Å². The van der Waals surface area contributed by atoms with E-state index in [4.69, 9.17) is 16.3 Å². The van der Waals surface area contributed by atoms with Crippen molar-refractivity contribution in [2.45, 2.75) is 32.4 Å². The first kappa shape index (κ1) is 19.5. The number of nitrogens with one attached hydrogen (secondary N) is 1. The molecule has 1 aromatic carbocycles. The number of hydrogen-bond acceptors (Lipinski definition) is 4. The summed E-state index contributed by atoms with van der Waals surface area (Å²) in [6, 6.07) is 7.74. The molecular formula is C18H26ClN3O3. The molecule has 1 heterocycles. The molecule has 25 heavy (non-hydrogen) atoms. The highest BCUT2D eigenvalue weighted by atomic mass is 35.5. The summed E-state index contributed by atoms with van der Waals surface area (Å²) < 4.78 is 5.00. The van der Waals surface area contributed by atoms with Crippen molar-refractivity contribution < 1.29 is 14.3 Å². The Labute approximate surface area is 154 Å². The lowest BCUT2D eigenvalue weighted by Gasteiger charge is -2.32. The number of amides is 2. The lowest BCUT2D eigenvalue weighted by molar-refractivity contribution is -0.123. The fourth-order valence-electron chi connectivity index (χ4n) is 2.91. The Kier molecular flexibility index (Phi) is 7.52. The predicted octanol–water partition coefficient (Wildman–Crippen LogP) is 2.51. The Bertz CT molecular complexity index is 589. The summed E-state index contributed by atoms with van der Waals surface area (Å²) in [7, 11) is 1.90. The van der Waals surface area contributed by atoms with Gasteiger partial charge in [0.15, 0.2) is 0 Å². The number of nitrogens with zero attached hydrogens (tertiary/aromatic N) is 2. The van der Waals surface area contributed by atoms with Crippen molar-refractivity contribution in [3.8, 4) is 0 Å². The summed E-state index contributed by atoms with van der Waals surface area (Å²) in [6.07, 6.45) is 1.23. The van der Waals surface area contributed by atoms with Crippen LogP contribution in [-0.2, 0) is 16.1 Å². The first-order valence-corrected chi connectivity index (χ1v) is 9.00. The third-order valence-corrected chi connectivity index (χ3v) is 4.57. The summed E-state index contributed by atoms with van der Waals surface area (Å²) >= 11 is 6.15. The second-order valence-electron chi connectivity index (χ2n) is 6.29.